The zero-order valence-electron chi connectivity index (χ0n) is 13.0. The minimum absolute atomic E-state index is 0. The summed E-state index contributed by atoms with van der Waals surface area (Å²) in [6.07, 6.45) is 2.60. The maximum Gasteiger partial charge on any atom is 0.191 e. The van der Waals surface area contributed by atoms with Gasteiger partial charge in [-0.1, -0.05) is 37.3 Å². The lowest BCUT2D eigenvalue weighted by Gasteiger charge is -2.24. The highest BCUT2D eigenvalue weighted by atomic mass is 127. The minimum Gasteiger partial charge on any atom is -0.355 e. The van der Waals surface area contributed by atoms with Gasteiger partial charge in [0, 0.05) is 26.2 Å². The fraction of sp³-hybridized carbons (Fsp3) is 0.562. The smallest absolute Gasteiger partial charge is 0.191 e. The Morgan fingerprint density at radius 3 is 2.71 bits per heavy atom. The van der Waals surface area contributed by atoms with Crippen molar-refractivity contribution in [2.75, 3.05) is 26.7 Å². The summed E-state index contributed by atoms with van der Waals surface area (Å²) in [5.41, 5.74) is 1.27. The molecule has 0 saturated carbocycles. The summed E-state index contributed by atoms with van der Waals surface area (Å²) in [5.74, 6) is 0.886. The molecule has 0 bridgehead atoms. The minimum atomic E-state index is 0. The normalized spacial score (nSPS) is 19.1. The standard InChI is InChI=1S/C16H26N4.HI/c1-3-20-11-7-10-15(20)13-19-16(17-2)18-12-14-8-5-4-6-9-14;/h4-6,8-9,15H,3,7,10-13H2,1-2H3,(H2,17,18,19);1H. The number of benzene rings is 1. The van der Waals surface area contributed by atoms with Crippen LogP contribution in [0.15, 0.2) is 35.3 Å². The summed E-state index contributed by atoms with van der Waals surface area (Å²) < 4.78 is 0. The van der Waals surface area contributed by atoms with Gasteiger partial charge in [-0.25, -0.2) is 0 Å². The van der Waals surface area contributed by atoms with Gasteiger partial charge in [0.2, 0.25) is 0 Å². The lowest BCUT2D eigenvalue weighted by atomic mass is 10.2. The van der Waals surface area contributed by atoms with Crippen molar-refractivity contribution in [2.45, 2.75) is 32.4 Å². The Hall–Kier alpha value is -0.820. The maximum atomic E-state index is 4.29. The van der Waals surface area contributed by atoms with Crippen LogP contribution in [0, 0.1) is 0 Å². The molecule has 1 heterocycles. The number of hydrogen-bond acceptors (Lipinski definition) is 2. The molecule has 4 nitrogen and oxygen atoms in total. The third kappa shape index (κ3) is 5.82. The van der Waals surface area contributed by atoms with E-state index in [1.165, 1.54) is 24.9 Å². The van der Waals surface area contributed by atoms with Gasteiger partial charge in [0.1, 0.15) is 0 Å². The lowest BCUT2D eigenvalue weighted by molar-refractivity contribution is 0.267. The largest absolute Gasteiger partial charge is 0.355 e. The van der Waals surface area contributed by atoms with Crippen LogP contribution in [0.1, 0.15) is 25.3 Å². The van der Waals surface area contributed by atoms with E-state index in [1.54, 1.807) is 0 Å². The quantitative estimate of drug-likeness (QED) is 0.452. The Bertz CT molecular complexity index is 422. The number of rotatable bonds is 5. The first-order valence-corrected chi connectivity index (χ1v) is 7.56. The van der Waals surface area contributed by atoms with Crippen LogP contribution in [-0.2, 0) is 6.54 Å². The number of nitrogens with one attached hydrogen (secondary N) is 2. The van der Waals surface area contributed by atoms with E-state index in [1.807, 2.05) is 13.1 Å². The lowest BCUT2D eigenvalue weighted by Crippen LogP contribution is -2.44. The monoisotopic (exact) mass is 402 g/mol. The molecule has 0 amide bonds. The summed E-state index contributed by atoms with van der Waals surface area (Å²) in [5, 5.41) is 6.81. The number of hydrogen-bond donors (Lipinski definition) is 2. The average Bonchev–Trinajstić information content (AvgIpc) is 2.96. The van der Waals surface area contributed by atoms with Crippen molar-refractivity contribution in [2.24, 2.45) is 4.99 Å². The molecule has 1 unspecified atom stereocenters. The van der Waals surface area contributed by atoms with Gasteiger partial charge in [-0.15, -0.1) is 24.0 Å². The molecule has 1 atom stereocenters. The molecule has 118 valence electrons. The Balaban J connectivity index is 0.00000220. The van der Waals surface area contributed by atoms with Gasteiger partial charge in [0.15, 0.2) is 5.96 Å². The fourth-order valence-corrected chi connectivity index (χ4v) is 2.76. The van der Waals surface area contributed by atoms with E-state index in [9.17, 15) is 0 Å². The number of nitrogens with zero attached hydrogens (tertiary/aromatic N) is 2. The molecule has 2 N–H and O–H groups in total. The molecule has 0 radical (unpaired) electrons. The van der Waals surface area contributed by atoms with Crippen LogP contribution in [-0.4, -0.2) is 43.6 Å². The summed E-state index contributed by atoms with van der Waals surface area (Å²) in [6, 6.07) is 11.0. The van der Waals surface area contributed by atoms with E-state index >= 15 is 0 Å². The van der Waals surface area contributed by atoms with Gasteiger partial charge in [-0.2, -0.15) is 0 Å². The van der Waals surface area contributed by atoms with Crippen LogP contribution in [0.5, 0.6) is 0 Å². The highest BCUT2D eigenvalue weighted by Gasteiger charge is 2.22. The van der Waals surface area contributed by atoms with Gasteiger partial charge in [-0.3, -0.25) is 9.89 Å². The van der Waals surface area contributed by atoms with Crippen molar-refractivity contribution in [3.8, 4) is 0 Å². The van der Waals surface area contributed by atoms with Crippen molar-refractivity contribution in [1.82, 2.24) is 15.5 Å². The number of aliphatic imine (C=N–C) groups is 1. The van der Waals surface area contributed by atoms with E-state index in [0.717, 1.165) is 25.6 Å². The summed E-state index contributed by atoms with van der Waals surface area (Å²) in [4.78, 5) is 6.83. The maximum absolute atomic E-state index is 4.29. The van der Waals surface area contributed by atoms with E-state index < -0.39 is 0 Å². The van der Waals surface area contributed by atoms with Gasteiger partial charge in [0.25, 0.3) is 0 Å². The number of likely N-dealkylation sites (tertiary alicyclic amines) is 1. The van der Waals surface area contributed by atoms with Crippen LogP contribution < -0.4 is 10.6 Å². The summed E-state index contributed by atoms with van der Waals surface area (Å²) in [7, 11) is 1.83. The second-order valence-electron chi connectivity index (χ2n) is 5.22. The van der Waals surface area contributed by atoms with Crippen LogP contribution in [0.2, 0.25) is 0 Å². The summed E-state index contributed by atoms with van der Waals surface area (Å²) >= 11 is 0. The van der Waals surface area contributed by atoms with Crippen molar-refractivity contribution < 1.29 is 0 Å². The van der Waals surface area contributed by atoms with Crippen molar-refractivity contribution >= 4 is 29.9 Å². The number of likely N-dealkylation sites (N-methyl/N-ethyl adjacent to an activating group) is 1. The molecule has 1 aromatic carbocycles. The number of halogens is 1. The van der Waals surface area contributed by atoms with E-state index in [0.29, 0.717) is 6.04 Å². The van der Waals surface area contributed by atoms with Crippen LogP contribution in [0.3, 0.4) is 0 Å². The molecular weight excluding hydrogens is 375 g/mol. The summed E-state index contributed by atoms with van der Waals surface area (Å²) in [6.45, 7) is 6.40. The molecule has 2 rings (SSSR count). The predicted molar refractivity (Wildman–Crippen MR) is 100 cm³/mol. The van der Waals surface area contributed by atoms with Crippen LogP contribution in [0.4, 0.5) is 0 Å². The Labute approximate surface area is 145 Å². The van der Waals surface area contributed by atoms with Crippen LogP contribution in [0.25, 0.3) is 0 Å². The first-order chi connectivity index (χ1) is 9.83. The van der Waals surface area contributed by atoms with Crippen molar-refractivity contribution in [3.05, 3.63) is 35.9 Å². The van der Waals surface area contributed by atoms with Gasteiger partial charge >= 0.3 is 0 Å². The van der Waals surface area contributed by atoms with Crippen LogP contribution >= 0.6 is 24.0 Å². The third-order valence-electron chi connectivity index (χ3n) is 3.94. The molecule has 1 aliphatic rings. The number of guanidine groups is 1. The molecule has 0 aromatic heterocycles. The molecule has 1 saturated heterocycles. The molecule has 0 aliphatic carbocycles. The highest BCUT2D eigenvalue weighted by molar-refractivity contribution is 14.0. The fourth-order valence-electron chi connectivity index (χ4n) is 2.76. The topological polar surface area (TPSA) is 39.7 Å². The van der Waals surface area contributed by atoms with E-state index in [2.05, 4.69) is 51.7 Å². The molecule has 21 heavy (non-hydrogen) atoms. The zero-order valence-corrected chi connectivity index (χ0v) is 15.3. The third-order valence-corrected chi connectivity index (χ3v) is 3.94. The second-order valence-corrected chi connectivity index (χ2v) is 5.22. The Morgan fingerprint density at radius 2 is 2.05 bits per heavy atom. The first kappa shape index (κ1) is 18.2. The highest BCUT2D eigenvalue weighted by Crippen LogP contribution is 2.15. The van der Waals surface area contributed by atoms with Gasteiger partial charge in [0.05, 0.1) is 0 Å². The van der Waals surface area contributed by atoms with E-state index in [4.69, 9.17) is 0 Å². The molecule has 5 heteroatoms. The van der Waals surface area contributed by atoms with Crippen molar-refractivity contribution in [1.29, 1.82) is 0 Å². The molecule has 1 aromatic rings. The molecule has 0 spiro atoms. The first-order valence-electron chi connectivity index (χ1n) is 7.56. The molecule has 1 aliphatic heterocycles. The Morgan fingerprint density at radius 1 is 1.29 bits per heavy atom. The zero-order chi connectivity index (χ0) is 14.2. The second kappa shape index (κ2) is 10.00. The van der Waals surface area contributed by atoms with E-state index in [-0.39, 0.29) is 24.0 Å². The molecule has 1 fully saturated rings. The Kier molecular flexibility index (Phi) is 8.68. The van der Waals surface area contributed by atoms with Gasteiger partial charge in [-0.05, 0) is 31.5 Å². The average molecular weight is 402 g/mol. The van der Waals surface area contributed by atoms with Crippen molar-refractivity contribution in [3.63, 3.8) is 0 Å². The SMILES string of the molecule is CCN1CCCC1CNC(=NC)NCc1ccccc1.I. The van der Waals surface area contributed by atoms with Gasteiger partial charge < -0.3 is 10.6 Å². The predicted octanol–water partition coefficient (Wildman–Crippen LogP) is 2.45. The molecular formula is C16H27IN4.